The molecule has 2 aromatic rings. The number of sulfonamides is 1. The lowest BCUT2D eigenvalue weighted by molar-refractivity contribution is -0.0635. The molecule has 0 saturated carbocycles. The minimum atomic E-state index is -3.88. The fraction of sp³-hybridized carbons (Fsp3) is 0.0588. The molecule has 0 saturated heterocycles. The number of nitrogens with two attached hydrogens (primary N) is 2. The first-order chi connectivity index (χ1) is 13.1. The summed E-state index contributed by atoms with van der Waals surface area (Å²) in [6, 6.07) is 11.5. The molecule has 3 rings (SSSR count). The minimum absolute atomic E-state index is 0.0784. The van der Waals surface area contributed by atoms with Gasteiger partial charge in [0.1, 0.15) is 0 Å². The van der Waals surface area contributed by atoms with Crippen molar-refractivity contribution in [1.82, 2.24) is 9.66 Å². The predicted octanol–water partition coefficient (Wildman–Crippen LogP) is 2.06. The lowest BCUT2D eigenvalue weighted by Gasteiger charge is -2.32. The van der Waals surface area contributed by atoms with Crippen LogP contribution >= 0.6 is 11.6 Å². The van der Waals surface area contributed by atoms with E-state index in [4.69, 9.17) is 22.5 Å². The normalized spacial score (nSPS) is 18.8. The largest absolute Gasteiger partial charge is 0.350 e. The number of rotatable bonds is 5. The zero-order valence-electron chi connectivity index (χ0n) is 14.4. The summed E-state index contributed by atoms with van der Waals surface area (Å²) in [6.45, 7) is -0.338. The number of urea groups is 1. The molecule has 1 heterocycles. The van der Waals surface area contributed by atoms with Crippen molar-refractivity contribution in [1.29, 1.82) is 0 Å². The summed E-state index contributed by atoms with van der Waals surface area (Å²) in [6.07, 6.45) is 3.23. The van der Waals surface area contributed by atoms with Gasteiger partial charge in [0.25, 0.3) is 0 Å². The number of hydrogen-bond donors (Lipinski definition) is 3. The maximum absolute atomic E-state index is 11.5. The second-order valence-corrected chi connectivity index (χ2v) is 8.01. The molecule has 1 aliphatic heterocycles. The Hall–Kier alpha value is -2.76. The standard InChI is InChI=1S/C17H16ClN5O4S/c18-13-3-1-12(2-4-13)16-9-10-21-23(16,11-22(25)17(19)24)14-5-7-15(8-6-14)28(20,26)27/h1-10,25H,11H2,(H3-,19,20,24,26,27)/p+1. The lowest BCUT2D eigenvalue weighted by atomic mass is 10.1. The lowest BCUT2D eigenvalue weighted by Crippen LogP contribution is -2.51. The zero-order valence-corrected chi connectivity index (χ0v) is 16.0. The zero-order chi connectivity index (χ0) is 20.5. The van der Waals surface area contributed by atoms with Gasteiger partial charge in [-0.15, -0.1) is 4.59 Å². The van der Waals surface area contributed by atoms with E-state index in [0.717, 1.165) is 5.56 Å². The van der Waals surface area contributed by atoms with Crippen molar-refractivity contribution in [3.8, 4) is 0 Å². The van der Waals surface area contributed by atoms with Crippen LogP contribution < -0.4 is 15.5 Å². The molecule has 0 radical (unpaired) electrons. The van der Waals surface area contributed by atoms with E-state index in [2.05, 4.69) is 5.10 Å². The Labute approximate surface area is 166 Å². The molecule has 146 valence electrons. The van der Waals surface area contributed by atoms with Gasteiger partial charge in [0.05, 0.1) is 11.1 Å². The van der Waals surface area contributed by atoms with Crippen LogP contribution in [0.3, 0.4) is 0 Å². The highest BCUT2D eigenvalue weighted by molar-refractivity contribution is 7.89. The Morgan fingerprint density at radius 1 is 1.14 bits per heavy atom. The summed E-state index contributed by atoms with van der Waals surface area (Å²) < 4.78 is 22.7. The van der Waals surface area contributed by atoms with E-state index >= 15 is 0 Å². The first kappa shape index (κ1) is 20.0. The first-order valence-corrected chi connectivity index (χ1v) is 9.86. The average molecular weight is 423 g/mol. The van der Waals surface area contributed by atoms with Crippen LogP contribution in [0, 0.1) is 0 Å². The number of nitrogens with zero attached hydrogens (tertiary/aromatic N) is 3. The maximum Gasteiger partial charge on any atom is 0.343 e. The van der Waals surface area contributed by atoms with Crippen LogP contribution in [0.5, 0.6) is 0 Å². The molecule has 11 heteroatoms. The van der Waals surface area contributed by atoms with Gasteiger partial charge < -0.3 is 5.73 Å². The number of amides is 2. The fourth-order valence-corrected chi connectivity index (χ4v) is 3.52. The first-order valence-electron chi connectivity index (χ1n) is 7.93. The van der Waals surface area contributed by atoms with Gasteiger partial charge in [0.2, 0.25) is 16.7 Å². The number of allylic oxidation sites excluding steroid dienone is 1. The van der Waals surface area contributed by atoms with E-state index < -0.39 is 16.1 Å². The third kappa shape index (κ3) is 3.77. The van der Waals surface area contributed by atoms with E-state index in [1.165, 1.54) is 30.5 Å². The third-order valence-corrected chi connectivity index (χ3v) is 5.40. The third-order valence-electron chi connectivity index (χ3n) is 4.22. The molecule has 2 aromatic carbocycles. The van der Waals surface area contributed by atoms with Gasteiger partial charge in [-0.3, -0.25) is 5.21 Å². The van der Waals surface area contributed by atoms with E-state index in [-0.39, 0.29) is 16.2 Å². The average Bonchev–Trinajstić information content (AvgIpc) is 3.06. The Balaban J connectivity index is 2.13. The molecule has 0 aromatic heterocycles. The molecule has 2 amide bonds. The molecule has 1 unspecified atom stereocenters. The Kier molecular flexibility index (Phi) is 5.24. The second kappa shape index (κ2) is 7.34. The van der Waals surface area contributed by atoms with E-state index in [0.29, 0.717) is 21.5 Å². The van der Waals surface area contributed by atoms with Crippen molar-refractivity contribution in [2.24, 2.45) is 16.0 Å². The van der Waals surface area contributed by atoms with Crippen molar-refractivity contribution in [3.63, 3.8) is 0 Å². The number of carbonyl (C=O) groups is 1. The number of primary amides is 1. The Morgan fingerprint density at radius 3 is 2.29 bits per heavy atom. The molecule has 0 fully saturated rings. The van der Waals surface area contributed by atoms with Crippen molar-refractivity contribution in [3.05, 3.63) is 65.2 Å². The molecule has 5 N–H and O–H groups in total. The summed E-state index contributed by atoms with van der Waals surface area (Å²) in [7, 11) is -3.88. The summed E-state index contributed by atoms with van der Waals surface area (Å²) in [4.78, 5) is 11.4. The van der Waals surface area contributed by atoms with Crippen LogP contribution in [0.15, 0.2) is 64.6 Å². The molecule has 9 nitrogen and oxygen atoms in total. The van der Waals surface area contributed by atoms with Gasteiger partial charge in [-0.25, -0.2) is 18.4 Å². The van der Waals surface area contributed by atoms with Gasteiger partial charge in [-0.1, -0.05) is 16.7 Å². The van der Waals surface area contributed by atoms with Crippen molar-refractivity contribution < 1.29 is 18.4 Å². The summed E-state index contributed by atoms with van der Waals surface area (Å²) >= 11 is 5.96. The molecule has 0 aliphatic carbocycles. The number of carbonyl (C=O) groups excluding carboxylic acids is 1. The Bertz CT molecular complexity index is 1070. The predicted molar refractivity (Wildman–Crippen MR) is 106 cm³/mol. The maximum atomic E-state index is 11.5. The van der Waals surface area contributed by atoms with Gasteiger partial charge in [0.15, 0.2) is 11.4 Å². The number of halogens is 1. The summed E-state index contributed by atoms with van der Waals surface area (Å²) in [5.74, 6) is 0. The highest BCUT2D eigenvalue weighted by Gasteiger charge is 2.42. The van der Waals surface area contributed by atoms with E-state index in [1.807, 2.05) is 0 Å². The van der Waals surface area contributed by atoms with Crippen LogP contribution in [-0.2, 0) is 10.0 Å². The highest BCUT2D eigenvalue weighted by atomic mass is 35.5. The number of hydrogen-bond acceptors (Lipinski definition) is 5. The molecule has 1 aliphatic rings. The van der Waals surface area contributed by atoms with Crippen LogP contribution in [0.2, 0.25) is 5.02 Å². The number of quaternary nitrogens is 1. The van der Waals surface area contributed by atoms with Gasteiger partial charge in [-0.2, -0.15) is 5.06 Å². The van der Waals surface area contributed by atoms with Crippen LogP contribution in [0.25, 0.3) is 5.70 Å². The quantitative estimate of drug-likeness (QED) is 0.385. The van der Waals surface area contributed by atoms with Crippen LogP contribution in [0.1, 0.15) is 5.56 Å². The molecule has 28 heavy (non-hydrogen) atoms. The van der Waals surface area contributed by atoms with Crippen molar-refractivity contribution in [2.45, 2.75) is 4.90 Å². The topological polar surface area (TPSA) is 139 Å². The smallest absolute Gasteiger partial charge is 0.343 e. The molecular weight excluding hydrogens is 406 g/mol. The minimum Gasteiger partial charge on any atom is -0.350 e. The fourth-order valence-electron chi connectivity index (χ4n) is 2.88. The highest BCUT2D eigenvalue weighted by Crippen LogP contribution is 2.38. The molecule has 0 spiro atoms. The van der Waals surface area contributed by atoms with Crippen LogP contribution in [0.4, 0.5) is 10.5 Å². The Morgan fingerprint density at radius 2 is 1.75 bits per heavy atom. The SMILES string of the molecule is NC(=O)N(O)C[N+]1(c2ccc(S(N)(=O)=O)cc2)N=CC=C1c1ccc(Cl)cc1. The molecule has 0 bridgehead atoms. The van der Waals surface area contributed by atoms with Crippen LogP contribution in [-0.4, -0.2) is 37.6 Å². The van der Waals surface area contributed by atoms with Crippen molar-refractivity contribution in [2.75, 3.05) is 6.67 Å². The summed E-state index contributed by atoms with van der Waals surface area (Å²) in [5, 5.41) is 20.5. The van der Waals surface area contributed by atoms with E-state index in [9.17, 15) is 18.4 Å². The van der Waals surface area contributed by atoms with Gasteiger partial charge in [-0.05, 0) is 36.4 Å². The van der Waals surface area contributed by atoms with Gasteiger partial charge >= 0.3 is 6.03 Å². The summed E-state index contributed by atoms with van der Waals surface area (Å²) in [5.41, 5.74) is 7.00. The molecular formula is C17H17ClN5O4S+. The molecule has 1 atom stereocenters. The number of benzene rings is 2. The second-order valence-electron chi connectivity index (χ2n) is 6.01. The number of primary sulfonamides is 1. The number of hydroxylamine groups is 2. The van der Waals surface area contributed by atoms with E-state index in [1.54, 1.807) is 30.3 Å². The van der Waals surface area contributed by atoms with Crippen molar-refractivity contribution >= 4 is 45.3 Å². The van der Waals surface area contributed by atoms with Gasteiger partial charge in [0, 0.05) is 28.8 Å². The monoisotopic (exact) mass is 422 g/mol.